The number of nitrogens with zero attached hydrogens (tertiary/aromatic N) is 2. The van der Waals surface area contributed by atoms with Gasteiger partial charge in [0.1, 0.15) is 6.04 Å². The number of nitriles is 1. The molecule has 0 unspecified atom stereocenters. The highest BCUT2D eigenvalue weighted by Crippen LogP contribution is 2.41. The minimum absolute atomic E-state index is 0.00922. The van der Waals surface area contributed by atoms with Gasteiger partial charge in [0, 0.05) is 19.0 Å². The summed E-state index contributed by atoms with van der Waals surface area (Å²) in [6.07, 6.45) is -0.832. The van der Waals surface area contributed by atoms with Crippen LogP contribution < -0.4 is 11.1 Å². The third kappa shape index (κ3) is 6.67. The monoisotopic (exact) mass is 406 g/mol. The first-order chi connectivity index (χ1) is 13.0. The summed E-state index contributed by atoms with van der Waals surface area (Å²) >= 11 is 0. The molecule has 2 fully saturated rings. The fourth-order valence-electron chi connectivity index (χ4n) is 2.97. The first-order valence-corrected chi connectivity index (χ1v) is 9.08. The summed E-state index contributed by atoms with van der Waals surface area (Å²) in [5.74, 6) is -3.13. The summed E-state index contributed by atoms with van der Waals surface area (Å²) in [5.41, 5.74) is 6.02. The Morgan fingerprint density at radius 3 is 2.50 bits per heavy atom. The third-order valence-electron chi connectivity index (χ3n) is 4.68. The molecule has 0 spiro atoms. The summed E-state index contributed by atoms with van der Waals surface area (Å²) in [4.78, 5) is 34.7. The van der Waals surface area contributed by atoms with Crippen molar-refractivity contribution in [1.29, 1.82) is 5.26 Å². The molecular formula is C17H25F3N4O4. The molecule has 4 N–H and O–H groups in total. The minimum Gasteiger partial charge on any atom is -0.475 e. The van der Waals surface area contributed by atoms with Gasteiger partial charge in [-0.1, -0.05) is 13.3 Å². The van der Waals surface area contributed by atoms with Gasteiger partial charge in [-0.15, -0.1) is 0 Å². The van der Waals surface area contributed by atoms with E-state index in [1.807, 2.05) is 0 Å². The number of aliphatic carboxylic acids is 1. The number of amides is 2. The van der Waals surface area contributed by atoms with Gasteiger partial charge in [-0.3, -0.25) is 9.59 Å². The zero-order valence-corrected chi connectivity index (χ0v) is 15.5. The molecular weight excluding hydrogens is 381 g/mol. The highest BCUT2D eigenvalue weighted by Gasteiger charge is 2.50. The molecule has 0 aromatic carbocycles. The smallest absolute Gasteiger partial charge is 0.475 e. The average Bonchev–Trinajstić information content (AvgIpc) is 3.29. The highest BCUT2D eigenvalue weighted by molar-refractivity contribution is 5.87. The number of nitrogens with one attached hydrogen (secondary N) is 1. The van der Waals surface area contributed by atoms with Crippen LogP contribution in [0.25, 0.3) is 0 Å². The Morgan fingerprint density at radius 2 is 2.00 bits per heavy atom. The minimum atomic E-state index is -5.08. The van der Waals surface area contributed by atoms with E-state index in [4.69, 9.17) is 20.9 Å². The number of likely N-dealkylation sites (tertiary alicyclic amines) is 1. The molecule has 0 aromatic heterocycles. The number of unbranched alkanes of at least 4 members (excludes halogenated alkanes) is 1. The maximum atomic E-state index is 12.3. The quantitative estimate of drug-likeness (QED) is 0.563. The van der Waals surface area contributed by atoms with Crippen LogP contribution in [0.3, 0.4) is 0 Å². The van der Waals surface area contributed by atoms with Crippen LogP contribution in [-0.2, 0) is 14.4 Å². The average molecular weight is 406 g/mol. The van der Waals surface area contributed by atoms with Crippen LogP contribution in [-0.4, -0.2) is 59.1 Å². The van der Waals surface area contributed by atoms with Gasteiger partial charge in [-0.05, 0) is 31.6 Å². The molecule has 8 nitrogen and oxygen atoms in total. The number of carbonyl (C=O) groups is 3. The van der Waals surface area contributed by atoms with Gasteiger partial charge in [-0.2, -0.15) is 18.4 Å². The van der Waals surface area contributed by atoms with Crippen molar-refractivity contribution < 1.29 is 32.7 Å². The second kappa shape index (κ2) is 10.3. The highest BCUT2D eigenvalue weighted by atomic mass is 19.4. The molecule has 4 atom stereocenters. The van der Waals surface area contributed by atoms with Crippen molar-refractivity contribution in [2.45, 2.75) is 57.3 Å². The molecule has 11 heteroatoms. The lowest BCUT2D eigenvalue weighted by molar-refractivity contribution is -0.192. The number of hydrogen-bond donors (Lipinski definition) is 3. The Labute approximate surface area is 160 Å². The maximum absolute atomic E-state index is 12.3. The van der Waals surface area contributed by atoms with Gasteiger partial charge in [0.2, 0.25) is 11.8 Å². The number of carboxylic acids is 1. The molecule has 28 heavy (non-hydrogen) atoms. The number of hydrogen-bond acceptors (Lipinski definition) is 5. The predicted molar refractivity (Wildman–Crippen MR) is 91.5 cm³/mol. The van der Waals surface area contributed by atoms with Crippen molar-refractivity contribution in [3.63, 3.8) is 0 Å². The van der Waals surface area contributed by atoms with E-state index in [0.29, 0.717) is 19.5 Å². The van der Waals surface area contributed by atoms with E-state index in [1.165, 1.54) is 0 Å². The molecule has 0 bridgehead atoms. The first kappa shape index (κ1) is 23.7. The van der Waals surface area contributed by atoms with Gasteiger partial charge in [0.05, 0.1) is 12.1 Å². The Kier molecular flexibility index (Phi) is 8.68. The van der Waals surface area contributed by atoms with Gasteiger partial charge in [0.25, 0.3) is 0 Å². The van der Waals surface area contributed by atoms with Crippen molar-refractivity contribution in [3.05, 3.63) is 0 Å². The molecule has 1 heterocycles. The van der Waals surface area contributed by atoms with Crippen LogP contribution in [0.1, 0.15) is 39.0 Å². The second-order valence-electron chi connectivity index (χ2n) is 6.80. The van der Waals surface area contributed by atoms with Crippen LogP contribution >= 0.6 is 0 Å². The number of nitrogens with two attached hydrogens (primary N) is 1. The molecule has 2 rings (SSSR count). The SMILES string of the molecule is CCCCNC(=O)[C@H]1C[C@H]1[C@H](N)C(=O)N1CCC[C@H]1C#N.O=C(O)C(F)(F)F. The predicted octanol–water partition coefficient (Wildman–Crippen LogP) is 1.01. The largest absolute Gasteiger partial charge is 0.490 e. The van der Waals surface area contributed by atoms with E-state index in [9.17, 15) is 22.8 Å². The summed E-state index contributed by atoms with van der Waals surface area (Å²) < 4.78 is 31.7. The number of halogens is 3. The van der Waals surface area contributed by atoms with E-state index in [2.05, 4.69) is 18.3 Å². The van der Waals surface area contributed by atoms with Crippen molar-refractivity contribution in [2.75, 3.05) is 13.1 Å². The molecule has 2 aliphatic rings. The zero-order valence-electron chi connectivity index (χ0n) is 15.5. The van der Waals surface area contributed by atoms with Crippen molar-refractivity contribution in [1.82, 2.24) is 10.2 Å². The van der Waals surface area contributed by atoms with Crippen molar-refractivity contribution >= 4 is 17.8 Å². The molecule has 158 valence electrons. The van der Waals surface area contributed by atoms with Gasteiger partial charge < -0.3 is 21.1 Å². The first-order valence-electron chi connectivity index (χ1n) is 9.08. The topological polar surface area (TPSA) is 137 Å². The van der Waals surface area contributed by atoms with E-state index in [1.54, 1.807) is 4.90 Å². The Morgan fingerprint density at radius 1 is 1.39 bits per heavy atom. The molecule has 0 aromatic rings. The number of alkyl halides is 3. The summed E-state index contributed by atoms with van der Waals surface area (Å²) in [6.45, 7) is 3.36. The molecule has 2 amide bonds. The number of carbonyl (C=O) groups excluding carboxylic acids is 2. The summed E-state index contributed by atoms with van der Waals surface area (Å²) in [5, 5.41) is 19.0. The lowest BCUT2D eigenvalue weighted by Crippen LogP contribution is -2.47. The summed E-state index contributed by atoms with van der Waals surface area (Å²) in [7, 11) is 0. The Hall–Kier alpha value is -2.35. The van der Waals surface area contributed by atoms with Crippen LogP contribution in [0.15, 0.2) is 0 Å². The Bertz CT molecular complexity index is 621. The van der Waals surface area contributed by atoms with E-state index >= 15 is 0 Å². The molecule has 1 saturated carbocycles. The van der Waals surface area contributed by atoms with Crippen molar-refractivity contribution in [3.8, 4) is 6.07 Å². The summed E-state index contributed by atoms with van der Waals surface area (Å²) in [6, 6.07) is 1.15. The second-order valence-corrected chi connectivity index (χ2v) is 6.80. The number of carboxylic acid groups (broad SMARTS) is 1. The van der Waals surface area contributed by atoms with Gasteiger partial charge >= 0.3 is 12.1 Å². The van der Waals surface area contributed by atoms with Crippen molar-refractivity contribution in [2.24, 2.45) is 17.6 Å². The molecule has 1 aliphatic heterocycles. The zero-order chi connectivity index (χ0) is 21.5. The van der Waals surface area contributed by atoms with Crippen LogP contribution in [0, 0.1) is 23.2 Å². The van der Waals surface area contributed by atoms with E-state index in [-0.39, 0.29) is 29.7 Å². The molecule has 0 radical (unpaired) electrons. The van der Waals surface area contributed by atoms with E-state index in [0.717, 1.165) is 25.7 Å². The van der Waals surface area contributed by atoms with E-state index < -0.39 is 18.2 Å². The fourth-order valence-corrected chi connectivity index (χ4v) is 2.97. The molecule has 1 aliphatic carbocycles. The molecule has 1 saturated heterocycles. The van der Waals surface area contributed by atoms with Gasteiger partial charge in [0.15, 0.2) is 0 Å². The van der Waals surface area contributed by atoms with Crippen LogP contribution in [0.2, 0.25) is 0 Å². The van der Waals surface area contributed by atoms with Gasteiger partial charge in [-0.25, -0.2) is 4.79 Å². The normalized spacial score (nSPS) is 24.4. The fraction of sp³-hybridized carbons (Fsp3) is 0.765. The lowest BCUT2D eigenvalue weighted by atomic mass is 10.1. The third-order valence-corrected chi connectivity index (χ3v) is 4.68. The van der Waals surface area contributed by atoms with Crippen LogP contribution in [0.4, 0.5) is 13.2 Å². The standard InChI is InChI=1S/C15H24N4O2.C2HF3O2/c1-2-3-6-18-14(20)12-8-11(12)13(17)15(21)19-7-4-5-10(19)9-16;3-2(4,5)1(6)7/h10-13H,2-8,17H2,1H3,(H,18,20);(H,6,7)/t10-,11+,12-,13-;/m0./s1. The Balaban J connectivity index is 0.000000480. The lowest BCUT2D eigenvalue weighted by Gasteiger charge is -2.23. The number of rotatable bonds is 6. The maximum Gasteiger partial charge on any atom is 0.490 e. The van der Waals surface area contributed by atoms with Crippen LogP contribution in [0.5, 0.6) is 0 Å².